The Morgan fingerprint density at radius 1 is 1.05 bits per heavy atom. The normalized spacial score (nSPS) is 11.9. The smallest absolute Gasteiger partial charge is 0.220 e. The molecule has 0 unspecified atom stereocenters. The van der Waals surface area contributed by atoms with Crippen LogP contribution in [0.4, 0.5) is 0 Å². The zero-order valence-electron chi connectivity index (χ0n) is 12.8. The molecule has 2 aromatic carbocycles. The second-order valence-electron chi connectivity index (χ2n) is 5.60. The van der Waals surface area contributed by atoms with Gasteiger partial charge in [0, 0.05) is 13.0 Å². The van der Waals surface area contributed by atoms with Gasteiger partial charge in [-0.05, 0) is 30.4 Å². The zero-order valence-corrected chi connectivity index (χ0v) is 12.8. The van der Waals surface area contributed by atoms with E-state index in [1.165, 1.54) is 16.7 Å². The van der Waals surface area contributed by atoms with Gasteiger partial charge in [-0.25, -0.2) is 0 Å². The van der Waals surface area contributed by atoms with Crippen molar-refractivity contribution in [3.63, 3.8) is 0 Å². The molecule has 0 saturated carbocycles. The van der Waals surface area contributed by atoms with Crippen molar-refractivity contribution < 1.29 is 4.79 Å². The molecule has 0 saturated heterocycles. The summed E-state index contributed by atoms with van der Waals surface area (Å²) in [5.41, 5.74) is 3.73. The van der Waals surface area contributed by atoms with Gasteiger partial charge in [0.15, 0.2) is 0 Å². The van der Waals surface area contributed by atoms with Crippen LogP contribution in [-0.4, -0.2) is 12.5 Å². The van der Waals surface area contributed by atoms with Crippen LogP contribution in [0.15, 0.2) is 54.6 Å². The summed E-state index contributed by atoms with van der Waals surface area (Å²) in [6.45, 7) is 4.90. The molecule has 2 nitrogen and oxygen atoms in total. The molecular formula is C19H23NO. The monoisotopic (exact) mass is 281 g/mol. The van der Waals surface area contributed by atoms with Crippen molar-refractivity contribution >= 4 is 5.91 Å². The molecule has 2 aromatic rings. The summed E-state index contributed by atoms with van der Waals surface area (Å²) in [5.74, 6) is 0.466. The lowest BCUT2D eigenvalue weighted by molar-refractivity contribution is -0.121. The summed E-state index contributed by atoms with van der Waals surface area (Å²) in [4.78, 5) is 11.9. The van der Waals surface area contributed by atoms with Crippen molar-refractivity contribution in [1.29, 1.82) is 0 Å². The summed E-state index contributed by atoms with van der Waals surface area (Å²) in [5, 5.41) is 3.02. The van der Waals surface area contributed by atoms with Crippen molar-refractivity contribution in [1.82, 2.24) is 5.32 Å². The first-order chi connectivity index (χ1) is 10.1. The van der Waals surface area contributed by atoms with Gasteiger partial charge in [-0.1, -0.05) is 67.1 Å². The molecule has 1 atom stereocenters. The molecule has 0 aromatic heterocycles. The molecule has 110 valence electrons. The highest BCUT2D eigenvalue weighted by molar-refractivity contribution is 5.76. The lowest BCUT2D eigenvalue weighted by Gasteiger charge is -2.13. The van der Waals surface area contributed by atoms with E-state index < -0.39 is 0 Å². The van der Waals surface area contributed by atoms with E-state index in [0.717, 1.165) is 6.42 Å². The van der Waals surface area contributed by atoms with Crippen LogP contribution in [0.25, 0.3) is 0 Å². The van der Waals surface area contributed by atoms with Crippen molar-refractivity contribution in [2.45, 2.75) is 32.6 Å². The van der Waals surface area contributed by atoms with Crippen LogP contribution in [0.3, 0.4) is 0 Å². The van der Waals surface area contributed by atoms with Crippen LogP contribution in [0.5, 0.6) is 0 Å². The molecule has 0 fully saturated rings. The number of carbonyl (C=O) groups excluding carboxylic acids is 1. The van der Waals surface area contributed by atoms with Gasteiger partial charge in [0.05, 0.1) is 0 Å². The van der Waals surface area contributed by atoms with Crippen LogP contribution >= 0.6 is 0 Å². The molecule has 0 aliphatic carbocycles. The Hall–Kier alpha value is -2.09. The summed E-state index contributed by atoms with van der Waals surface area (Å²) in [6.07, 6.45) is 1.34. The first kappa shape index (κ1) is 15.3. The van der Waals surface area contributed by atoms with Gasteiger partial charge in [-0.2, -0.15) is 0 Å². The maximum Gasteiger partial charge on any atom is 0.220 e. The van der Waals surface area contributed by atoms with Gasteiger partial charge in [-0.15, -0.1) is 0 Å². The zero-order chi connectivity index (χ0) is 15.1. The van der Waals surface area contributed by atoms with E-state index in [1.807, 2.05) is 18.2 Å². The van der Waals surface area contributed by atoms with Gasteiger partial charge in [0.1, 0.15) is 0 Å². The Kier molecular flexibility index (Phi) is 5.56. The summed E-state index contributed by atoms with van der Waals surface area (Å²) in [7, 11) is 0. The quantitative estimate of drug-likeness (QED) is 0.856. The number of benzene rings is 2. The summed E-state index contributed by atoms with van der Waals surface area (Å²) in [6, 6.07) is 18.6. The highest BCUT2D eigenvalue weighted by Gasteiger charge is 2.07. The van der Waals surface area contributed by atoms with Gasteiger partial charge in [0.2, 0.25) is 5.91 Å². The molecule has 2 heteroatoms. The van der Waals surface area contributed by atoms with Crippen LogP contribution in [0.2, 0.25) is 0 Å². The molecule has 1 amide bonds. The van der Waals surface area contributed by atoms with Crippen LogP contribution < -0.4 is 5.32 Å². The van der Waals surface area contributed by atoms with Gasteiger partial charge in [0.25, 0.3) is 0 Å². The minimum absolute atomic E-state index is 0.123. The van der Waals surface area contributed by atoms with Crippen LogP contribution in [-0.2, 0) is 11.2 Å². The second kappa shape index (κ2) is 7.63. The van der Waals surface area contributed by atoms with E-state index in [0.29, 0.717) is 18.9 Å². The first-order valence-corrected chi connectivity index (χ1v) is 7.52. The predicted molar refractivity (Wildman–Crippen MR) is 87.4 cm³/mol. The number of aryl methyl sites for hydroxylation is 2. The van der Waals surface area contributed by atoms with Crippen molar-refractivity contribution in [3.8, 4) is 0 Å². The van der Waals surface area contributed by atoms with E-state index >= 15 is 0 Å². The molecule has 0 aliphatic heterocycles. The average molecular weight is 281 g/mol. The van der Waals surface area contributed by atoms with E-state index in [9.17, 15) is 4.79 Å². The fraction of sp³-hybridized carbons (Fsp3) is 0.316. The molecule has 0 heterocycles. The summed E-state index contributed by atoms with van der Waals surface area (Å²) >= 11 is 0. The van der Waals surface area contributed by atoms with Crippen LogP contribution in [0.1, 0.15) is 36.0 Å². The maximum atomic E-state index is 11.9. The predicted octanol–water partition coefficient (Wildman–Crippen LogP) is 3.85. The standard InChI is InChI=1S/C19H23NO/c1-15-8-10-17(11-9-15)12-13-19(21)20-14-16(2)18-6-4-3-5-7-18/h3-11,16H,12-14H2,1-2H3,(H,20,21)/t16-/m1/s1. The largest absolute Gasteiger partial charge is 0.355 e. The van der Waals surface area contributed by atoms with E-state index in [1.54, 1.807) is 0 Å². The van der Waals surface area contributed by atoms with Crippen molar-refractivity contribution in [3.05, 3.63) is 71.3 Å². The fourth-order valence-corrected chi connectivity index (χ4v) is 2.27. The van der Waals surface area contributed by atoms with Crippen molar-refractivity contribution in [2.75, 3.05) is 6.54 Å². The SMILES string of the molecule is Cc1ccc(CCC(=O)NC[C@@H](C)c2ccccc2)cc1. The molecule has 2 rings (SSSR count). The third kappa shape index (κ3) is 5.07. The van der Waals surface area contributed by atoms with Gasteiger partial charge >= 0.3 is 0 Å². The highest BCUT2D eigenvalue weighted by Crippen LogP contribution is 2.13. The van der Waals surface area contributed by atoms with Gasteiger partial charge in [-0.3, -0.25) is 4.79 Å². The number of amides is 1. The molecule has 0 radical (unpaired) electrons. The molecule has 21 heavy (non-hydrogen) atoms. The minimum atomic E-state index is 0.123. The Balaban J connectivity index is 1.73. The maximum absolute atomic E-state index is 11.9. The van der Waals surface area contributed by atoms with E-state index in [2.05, 4.69) is 55.6 Å². The number of rotatable bonds is 6. The Bertz CT molecular complexity index is 560. The minimum Gasteiger partial charge on any atom is -0.355 e. The Morgan fingerprint density at radius 2 is 1.71 bits per heavy atom. The molecular weight excluding hydrogens is 258 g/mol. The highest BCUT2D eigenvalue weighted by atomic mass is 16.1. The lowest BCUT2D eigenvalue weighted by Crippen LogP contribution is -2.27. The van der Waals surface area contributed by atoms with Gasteiger partial charge < -0.3 is 5.32 Å². The van der Waals surface area contributed by atoms with E-state index in [-0.39, 0.29) is 5.91 Å². The summed E-state index contributed by atoms with van der Waals surface area (Å²) < 4.78 is 0. The average Bonchev–Trinajstić information content (AvgIpc) is 2.53. The fourth-order valence-electron chi connectivity index (χ4n) is 2.27. The third-order valence-corrected chi connectivity index (χ3v) is 3.74. The Morgan fingerprint density at radius 3 is 2.38 bits per heavy atom. The number of carbonyl (C=O) groups is 1. The van der Waals surface area contributed by atoms with E-state index in [4.69, 9.17) is 0 Å². The number of hydrogen-bond donors (Lipinski definition) is 1. The molecule has 1 N–H and O–H groups in total. The topological polar surface area (TPSA) is 29.1 Å². The number of nitrogens with one attached hydrogen (secondary N) is 1. The number of hydrogen-bond acceptors (Lipinski definition) is 1. The van der Waals surface area contributed by atoms with Crippen LogP contribution in [0, 0.1) is 6.92 Å². The third-order valence-electron chi connectivity index (χ3n) is 3.74. The molecule has 0 spiro atoms. The Labute approximate surface area is 127 Å². The first-order valence-electron chi connectivity index (χ1n) is 7.52. The lowest BCUT2D eigenvalue weighted by atomic mass is 10.0. The van der Waals surface area contributed by atoms with Crippen molar-refractivity contribution in [2.24, 2.45) is 0 Å². The molecule has 0 bridgehead atoms. The second-order valence-corrected chi connectivity index (χ2v) is 5.60. The molecule has 0 aliphatic rings.